The van der Waals surface area contributed by atoms with Crippen LogP contribution in [-0.2, 0) is 16.0 Å². The average Bonchev–Trinajstić information content (AvgIpc) is 2.72. The molecule has 4 nitrogen and oxygen atoms in total. The smallest absolute Gasteiger partial charge is 0.157 e. The van der Waals surface area contributed by atoms with Gasteiger partial charge in [-0.15, -0.1) is 0 Å². The van der Waals surface area contributed by atoms with Gasteiger partial charge in [-0.25, -0.2) is 0 Å². The molecule has 2 heterocycles. The minimum atomic E-state index is 0.0338. The van der Waals surface area contributed by atoms with Gasteiger partial charge in [0.15, 0.2) is 6.29 Å². The van der Waals surface area contributed by atoms with Gasteiger partial charge < -0.3 is 9.47 Å². The number of aromatic nitrogens is 2. The van der Waals surface area contributed by atoms with Crippen LogP contribution in [0.3, 0.4) is 0 Å². The highest BCUT2D eigenvalue weighted by Crippen LogP contribution is 2.13. The van der Waals surface area contributed by atoms with Crippen LogP contribution in [0.2, 0.25) is 0 Å². The van der Waals surface area contributed by atoms with Crippen molar-refractivity contribution < 1.29 is 9.47 Å². The van der Waals surface area contributed by atoms with E-state index in [0.29, 0.717) is 0 Å². The van der Waals surface area contributed by atoms with E-state index in [1.54, 1.807) is 0 Å². The molecule has 1 unspecified atom stereocenters. The van der Waals surface area contributed by atoms with Crippen LogP contribution in [0.1, 0.15) is 25.7 Å². The van der Waals surface area contributed by atoms with E-state index in [0.717, 1.165) is 32.6 Å². The van der Waals surface area contributed by atoms with Gasteiger partial charge in [-0.05, 0) is 48.3 Å². The molecule has 0 spiro atoms. The molecule has 1 aliphatic heterocycles. The highest BCUT2D eigenvalue weighted by molar-refractivity contribution is 14.1. The summed E-state index contributed by atoms with van der Waals surface area (Å²) in [5, 5.41) is 4.22. The monoisotopic (exact) mass is 336 g/mol. The summed E-state index contributed by atoms with van der Waals surface area (Å²) < 4.78 is 14.3. The number of rotatable bonds is 5. The van der Waals surface area contributed by atoms with Gasteiger partial charge in [-0.3, -0.25) is 4.68 Å². The van der Waals surface area contributed by atoms with E-state index < -0.39 is 0 Å². The summed E-state index contributed by atoms with van der Waals surface area (Å²) in [4.78, 5) is 0. The summed E-state index contributed by atoms with van der Waals surface area (Å²) in [7, 11) is 0. The molecule has 1 fully saturated rings. The summed E-state index contributed by atoms with van der Waals surface area (Å²) >= 11 is 2.26. The van der Waals surface area contributed by atoms with Crippen LogP contribution >= 0.6 is 22.6 Å². The van der Waals surface area contributed by atoms with E-state index in [1.807, 2.05) is 17.1 Å². The first-order valence-corrected chi connectivity index (χ1v) is 6.83. The van der Waals surface area contributed by atoms with Crippen LogP contribution in [0.25, 0.3) is 0 Å². The summed E-state index contributed by atoms with van der Waals surface area (Å²) in [5.74, 6) is 0. The third kappa shape index (κ3) is 4.03. The molecule has 5 heteroatoms. The molecule has 0 aliphatic carbocycles. The van der Waals surface area contributed by atoms with Crippen molar-refractivity contribution in [1.82, 2.24) is 9.78 Å². The second-order valence-electron chi connectivity index (χ2n) is 3.94. The van der Waals surface area contributed by atoms with Crippen molar-refractivity contribution in [2.75, 3.05) is 13.2 Å². The van der Waals surface area contributed by atoms with Crippen LogP contribution in [0, 0.1) is 3.57 Å². The Morgan fingerprint density at radius 2 is 2.50 bits per heavy atom. The Hall–Kier alpha value is -0.140. The average molecular weight is 336 g/mol. The first-order valence-electron chi connectivity index (χ1n) is 5.76. The molecule has 0 N–H and O–H groups in total. The van der Waals surface area contributed by atoms with E-state index in [4.69, 9.17) is 9.47 Å². The molecular weight excluding hydrogens is 319 g/mol. The number of hydrogen-bond acceptors (Lipinski definition) is 3. The normalized spacial score (nSPS) is 21.2. The SMILES string of the molecule is Ic1cnn(CCCOC2CCCCO2)c1. The molecule has 0 radical (unpaired) electrons. The van der Waals surface area contributed by atoms with E-state index in [-0.39, 0.29) is 6.29 Å². The van der Waals surface area contributed by atoms with Gasteiger partial charge in [0.05, 0.1) is 16.4 Å². The molecule has 0 bridgehead atoms. The standard InChI is InChI=1S/C11H17IN2O2/c12-10-8-13-14(9-10)5-3-7-16-11-4-1-2-6-15-11/h8-9,11H,1-7H2. The maximum atomic E-state index is 5.65. The lowest BCUT2D eigenvalue weighted by molar-refractivity contribution is -0.163. The van der Waals surface area contributed by atoms with Crippen molar-refractivity contribution in [3.05, 3.63) is 16.0 Å². The molecule has 1 saturated heterocycles. The van der Waals surface area contributed by atoms with Crippen LogP contribution in [0.4, 0.5) is 0 Å². The minimum absolute atomic E-state index is 0.0338. The van der Waals surface area contributed by atoms with Crippen molar-refractivity contribution >= 4 is 22.6 Å². The zero-order valence-electron chi connectivity index (χ0n) is 9.27. The second-order valence-corrected chi connectivity index (χ2v) is 5.19. The number of ether oxygens (including phenoxy) is 2. The molecule has 90 valence electrons. The van der Waals surface area contributed by atoms with Crippen molar-refractivity contribution in [3.8, 4) is 0 Å². The van der Waals surface area contributed by atoms with Gasteiger partial charge in [0.25, 0.3) is 0 Å². The zero-order valence-corrected chi connectivity index (χ0v) is 11.4. The predicted octanol–water partition coefficient (Wildman–Crippen LogP) is 2.42. The summed E-state index contributed by atoms with van der Waals surface area (Å²) in [6.45, 7) is 2.51. The van der Waals surface area contributed by atoms with E-state index >= 15 is 0 Å². The van der Waals surface area contributed by atoms with Crippen LogP contribution in [0.5, 0.6) is 0 Å². The Morgan fingerprint density at radius 1 is 1.56 bits per heavy atom. The lowest BCUT2D eigenvalue weighted by Gasteiger charge is -2.22. The van der Waals surface area contributed by atoms with Crippen molar-refractivity contribution in [2.45, 2.75) is 38.5 Å². The fourth-order valence-corrected chi connectivity index (χ4v) is 2.19. The molecule has 0 saturated carbocycles. The third-order valence-corrected chi connectivity index (χ3v) is 3.13. The Kier molecular flexibility index (Phi) is 5.05. The Bertz CT molecular complexity index is 311. The fraction of sp³-hybridized carbons (Fsp3) is 0.727. The molecule has 1 aliphatic rings. The molecular formula is C11H17IN2O2. The highest BCUT2D eigenvalue weighted by atomic mass is 127. The Morgan fingerprint density at radius 3 is 3.19 bits per heavy atom. The van der Waals surface area contributed by atoms with Crippen LogP contribution in [-0.4, -0.2) is 29.3 Å². The first-order chi connectivity index (χ1) is 7.84. The first kappa shape index (κ1) is 12.3. The van der Waals surface area contributed by atoms with Gasteiger partial charge >= 0.3 is 0 Å². The summed E-state index contributed by atoms with van der Waals surface area (Å²) in [5.41, 5.74) is 0. The molecule has 16 heavy (non-hydrogen) atoms. The largest absolute Gasteiger partial charge is 0.353 e. The minimum Gasteiger partial charge on any atom is -0.353 e. The van der Waals surface area contributed by atoms with E-state index in [1.165, 1.54) is 16.4 Å². The Labute approximate surface area is 109 Å². The van der Waals surface area contributed by atoms with E-state index in [9.17, 15) is 0 Å². The number of halogens is 1. The quantitative estimate of drug-likeness (QED) is 0.612. The second kappa shape index (κ2) is 6.56. The van der Waals surface area contributed by atoms with Crippen molar-refractivity contribution in [1.29, 1.82) is 0 Å². The maximum Gasteiger partial charge on any atom is 0.157 e. The van der Waals surface area contributed by atoms with E-state index in [2.05, 4.69) is 27.7 Å². The lowest BCUT2D eigenvalue weighted by atomic mass is 10.2. The summed E-state index contributed by atoms with van der Waals surface area (Å²) in [6.07, 6.45) is 8.36. The zero-order chi connectivity index (χ0) is 11.2. The highest BCUT2D eigenvalue weighted by Gasteiger charge is 2.13. The fourth-order valence-electron chi connectivity index (χ4n) is 1.74. The molecule has 1 atom stereocenters. The molecule has 2 rings (SSSR count). The van der Waals surface area contributed by atoms with Crippen LogP contribution < -0.4 is 0 Å². The van der Waals surface area contributed by atoms with Crippen molar-refractivity contribution in [3.63, 3.8) is 0 Å². The molecule has 0 amide bonds. The van der Waals surface area contributed by atoms with Gasteiger partial charge in [-0.1, -0.05) is 0 Å². The third-order valence-electron chi connectivity index (χ3n) is 2.57. The number of aryl methyl sites for hydroxylation is 1. The maximum absolute atomic E-state index is 5.65. The summed E-state index contributed by atoms with van der Waals surface area (Å²) in [6, 6.07) is 0. The predicted molar refractivity (Wildman–Crippen MR) is 69.1 cm³/mol. The number of nitrogens with zero attached hydrogens (tertiary/aromatic N) is 2. The Balaban J connectivity index is 1.57. The van der Waals surface area contributed by atoms with Crippen molar-refractivity contribution in [2.24, 2.45) is 0 Å². The van der Waals surface area contributed by atoms with Gasteiger partial charge in [0, 0.05) is 19.3 Å². The molecule has 1 aromatic rings. The lowest BCUT2D eigenvalue weighted by Crippen LogP contribution is -2.23. The van der Waals surface area contributed by atoms with Gasteiger partial charge in [-0.2, -0.15) is 5.10 Å². The molecule has 0 aromatic carbocycles. The van der Waals surface area contributed by atoms with Gasteiger partial charge in [0.2, 0.25) is 0 Å². The van der Waals surface area contributed by atoms with Crippen LogP contribution in [0.15, 0.2) is 12.4 Å². The number of hydrogen-bond donors (Lipinski definition) is 0. The topological polar surface area (TPSA) is 36.3 Å². The van der Waals surface area contributed by atoms with Gasteiger partial charge in [0.1, 0.15) is 0 Å². The molecule has 1 aromatic heterocycles.